The van der Waals surface area contributed by atoms with Crippen molar-refractivity contribution in [2.75, 3.05) is 0 Å². The largest absolute Gasteiger partial charge is 0.319 e. The summed E-state index contributed by atoms with van der Waals surface area (Å²) in [6, 6.07) is 1.58. The molecule has 0 amide bonds. The molecular weight excluding hydrogens is 186 g/mol. The minimum absolute atomic E-state index is 0.264. The fraction of sp³-hybridized carbons (Fsp3) is 0.286. The fourth-order valence-electron chi connectivity index (χ4n) is 0.730. The van der Waals surface area contributed by atoms with E-state index in [1.165, 1.54) is 18.3 Å². The molecule has 2 N–H and O–H groups in total. The zero-order chi connectivity index (χ0) is 9.14. The number of hydrogen-bond acceptors (Lipinski definition) is 2. The molecular formula is C7H7ClF2N2. The van der Waals surface area contributed by atoms with Crippen LogP contribution in [0.15, 0.2) is 18.3 Å². The molecule has 0 aliphatic heterocycles. The summed E-state index contributed by atoms with van der Waals surface area (Å²) in [5.41, 5.74) is 5.44. The summed E-state index contributed by atoms with van der Waals surface area (Å²) in [6.45, 7) is 0. The van der Waals surface area contributed by atoms with Crippen molar-refractivity contribution in [1.29, 1.82) is 0 Å². The van der Waals surface area contributed by atoms with Crippen molar-refractivity contribution in [2.45, 2.75) is 12.5 Å². The highest BCUT2D eigenvalue weighted by atomic mass is 35.5. The molecule has 0 fully saturated rings. The number of halogens is 3. The normalized spacial score (nSPS) is 13.4. The summed E-state index contributed by atoms with van der Waals surface area (Å²) < 4.78 is 24.1. The Balaban J connectivity index is 2.82. The van der Waals surface area contributed by atoms with Crippen LogP contribution in [0.25, 0.3) is 0 Å². The second-order valence-electron chi connectivity index (χ2n) is 2.27. The van der Waals surface area contributed by atoms with Crippen molar-refractivity contribution in [3.63, 3.8) is 0 Å². The van der Waals surface area contributed by atoms with Crippen LogP contribution in [0.2, 0.25) is 5.15 Å². The van der Waals surface area contributed by atoms with Gasteiger partial charge in [-0.25, -0.2) is 13.8 Å². The van der Waals surface area contributed by atoms with Crippen molar-refractivity contribution in [3.8, 4) is 0 Å². The topological polar surface area (TPSA) is 38.9 Å². The van der Waals surface area contributed by atoms with Gasteiger partial charge in [0.05, 0.1) is 6.04 Å². The lowest BCUT2D eigenvalue weighted by Gasteiger charge is -2.09. The molecule has 0 aliphatic rings. The third-order valence-corrected chi connectivity index (χ3v) is 1.63. The number of rotatable bonds is 2. The SMILES string of the molecule is NC(c1ccc(Cl)nc1)C(F)F. The van der Waals surface area contributed by atoms with Crippen LogP contribution in [0.5, 0.6) is 0 Å². The Bertz CT molecular complexity index is 250. The maximum atomic E-state index is 12.0. The summed E-state index contributed by atoms with van der Waals surface area (Å²) in [5, 5.41) is 0.264. The number of alkyl halides is 2. The quantitative estimate of drug-likeness (QED) is 0.728. The highest BCUT2D eigenvalue weighted by molar-refractivity contribution is 6.29. The number of pyridine rings is 1. The predicted molar refractivity (Wildman–Crippen MR) is 42.2 cm³/mol. The van der Waals surface area contributed by atoms with Crippen molar-refractivity contribution >= 4 is 11.6 Å². The molecule has 0 saturated heterocycles. The first-order chi connectivity index (χ1) is 5.61. The molecule has 0 spiro atoms. The van der Waals surface area contributed by atoms with E-state index in [0.29, 0.717) is 0 Å². The van der Waals surface area contributed by atoms with Crippen molar-refractivity contribution in [1.82, 2.24) is 4.98 Å². The van der Waals surface area contributed by atoms with Crippen LogP contribution in [0.4, 0.5) is 8.78 Å². The van der Waals surface area contributed by atoms with Gasteiger partial charge in [-0.1, -0.05) is 17.7 Å². The lowest BCUT2D eigenvalue weighted by atomic mass is 10.1. The van der Waals surface area contributed by atoms with Crippen LogP contribution in [-0.4, -0.2) is 11.4 Å². The van der Waals surface area contributed by atoms with Gasteiger partial charge in [0.2, 0.25) is 0 Å². The highest BCUT2D eigenvalue weighted by Gasteiger charge is 2.17. The fourth-order valence-corrected chi connectivity index (χ4v) is 0.842. The van der Waals surface area contributed by atoms with Crippen LogP contribution < -0.4 is 5.73 Å². The van der Waals surface area contributed by atoms with Gasteiger partial charge in [0, 0.05) is 6.20 Å². The molecule has 2 nitrogen and oxygen atoms in total. The van der Waals surface area contributed by atoms with E-state index in [9.17, 15) is 8.78 Å². The van der Waals surface area contributed by atoms with E-state index in [0.717, 1.165) is 0 Å². The molecule has 1 unspecified atom stereocenters. The molecule has 66 valence electrons. The maximum Gasteiger partial charge on any atom is 0.257 e. The van der Waals surface area contributed by atoms with Gasteiger partial charge in [-0.2, -0.15) is 0 Å². The van der Waals surface area contributed by atoms with Crippen molar-refractivity contribution in [2.24, 2.45) is 5.73 Å². The molecule has 0 aromatic carbocycles. The number of nitrogens with two attached hydrogens (primary N) is 1. The molecule has 1 heterocycles. The summed E-state index contributed by atoms with van der Waals surface area (Å²) >= 11 is 5.46. The highest BCUT2D eigenvalue weighted by Crippen LogP contribution is 2.17. The van der Waals surface area contributed by atoms with Crippen LogP contribution >= 0.6 is 11.6 Å². The number of aromatic nitrogens is 1. The Morgan fingerprint density at radius 3 is 2.50 bits per heavy atom. The monoisotopic (exact) mass is 192 g/mol. The molecule has 0 radical (unpaired) electrons. The Morgan fingerprint density at radius 2 is 2.08 bits per heavy atom. The summed E-state index contributed by atoms with van der Waals surface area (Å²) in [7, 11) is 0. The van der Waals surface area contributed by atoms with E-state index in [1.807, 2.05) is 0 Å². The maximum absolute atomic E-state index is 12.0. The molecule has 1 atom stereocenters. The van der Waals surface area contributed by atoms with E-state index in [2.05, 4.69) is 4.98 Å². The summed E-state index contributed by atoms with van der Waals surface area (Å²) in [6.07, 6.45) is -1.33. The average Bonchev–Trinajstić information content (AvgIpc) is 2.04. The smallest absolute Gasteiger partial charge is 0.257 e. The summed E-state index contributed by atoms with van der Waals surface area (Å²) in [5.74, 6) is 0. The van der Waals surface area contributed by atoms with Gasteiger partial charge in [-0.05, 0) is 11.6 Å². The lowest BCUT2D eigenvalue weighted by Crippen LogP contribution is -2.18. The van der Waals surface area contributed by atoms with Crippen LogP contribution in [0.1, 0.15) is 11.6 Å². The Morgan fingerprint density at radius 1 is 1.42 bits per heavy atom. The molecule has 1 rings (SSSR count). The van der Waals surface area contributed by atoms with Gasteiger partial charge in [0.15, 0.2) is 0 Å². The lowest BCUT2D eigenvalue weighted by molar-refractivity contribution is 0.116. The molecule has 1 aromatic heterocycles. The van der Waals surface area contributed by atoms with E-state index >= 15 is 0 Å². The molecule has 5 heteroatoms. The van der Waals surface area contributed by atoms with Gasteiger partial charge in [0.25, 0.3) is 6.43 Å². The van der Waals surface area contributed by atoms with E-state index in [1.54, 1.807) is 0 Å². The molecule has 1 aromatic rings. The predicted octanol–water partition coefficient (Wildman–Crippen LogP) is 2.00. The second kappa shape index (κ2) is 3.78. The second-order valence-corrected chi connectivity index (χ2v) is 2.66. The first-order valence-corrected chi connectivity index (χ1v) is 3.64. The number of nitrogens with zero attached hydrogens (tertiary/aromatic N) is 1. The average molecular weight is 193 g/mol. The standard InChI is InChI=1S/C7H7ClF2N2/c8-5-2-1-4(3-12-5)6(11)7(9)10/h1-3,6-7H,11H2. The first kappa shape index (κ1) is 9.35. The molecule has 0 saturated carbocycles. The molecule has 0 bridgehead atoms. The Labute approximate surface area is 73.4 Å². The van der Waals surface area contributed by atoms with Gasteiger partial charge in [-0.15, -0.1) is 0 Å². The summed E-state index contributed by atoms with van der Waals surface area (Å²) in [4.78, 5) is 3.63. The van der Waals surface area contributed by atoms with Crippen LogP contribution in [-0.2, 0) is 0 Å². The minimum atomic E-state index is -2.58. The number of hydrogen-bond donors (Lipinski definition) is 1. The van der Waals surface area contributed by atoms with Gasteiger partial charge in [0.1, 0.15) is 5.15 Å². The van der Waals surface area contributed by atoms with Crippen molar-refractivity contribution < 1.29 is 8.78 Å². The van der Waals surface area contributed by atoms with Gasteiger partial charge < -0.3 is 5.73 Å². The minimum Gasteiger partial charge on any atom is -0.319 e. The van der Waals surface area contributed by atoms with Crippen LogP contribution in [0, 0.1) is 0 Å². The Kier molecular flexibility index (Phi) is 2.94. The van der Waals surface area contributed by atoms with Gasteiger partial charge in [-0.3, -0.25) is 0 Å². The Hall–Kier alpha value is -0.740. The first-order valence-electron chi connectivity index (χ1n) is 3.26. The zero-order valence-electron chi connectivity index (χ0n) is 6.05. The van der Waals surface area contributed by atoms with E-state index < -0.39 is 12.5 Å². The zero-order valence-corrected chi connectivity index (χ0v) is 6.80. The third-order valence-electron chi connectivity index (χ3n) is 1.41. The molecule has 12 heavy (non-hydrogen) atoms. The molecule has 0 aliphatic carbocycles. The van der Waals surface area contributed by atoms with Gasteiger partial charge >= 0.3 is 0 Å². The van der Waals surface area contributed by atoms with Crippen molar-refractivity contribution in [3.05, 3.63) is 29.0 Å². The third kappa shape index (κ3) is 2.12. The van der Waals surface area contributed by atoms with E-state index in [-0.39, 0.29) is 10.7 Å². The van der Waals surface area contributed by atoms with E-state index in [4.69, 9.17) is 17.3 Å². The van der Waals surface area contributed by atoms with Crippen LogP contribution in [0.3, 0.4) is 0 Å².